The molecule has 0 bridgehead atoms. The van der Waals surface area contributed by atoms with E-state index in [1.54, 1.807) is 42.8 Å². The lowest BCUT2D eigenvalue weighted by Gasteiger charge is -2.07. The number of carbonyl (C=O) groups is 2. The number of hydrazone groups is 1. The second kappa shape index (κ2) is 8.18. The molecule has 3 aromatic rings. The van der Waals surface area contributed by atoms with E-state index in [0.717, 1.165) is 16.0 Å². The molecular weight excluding hydrogens is 374 g/mol. The molecule has 0 radical (unpaired) electrons. The normalized spacial score (nSPS) is 11.4. The van der Waals surface area contributed by atoms with E-state index >= 15 is 0 Å². The van der Waals surface area contributed by atoms with E-state index < -0.39 is 0 Å². The van der Waals surface area contributed by atoms with Gasteiger partial charge in [0.05, 0.1) is 11.3 Å². The third-order valence-electron chi connectivity index (χ3n) is 4.47. The zero-order valence-electron chi connectivity index (χ0n) is 16.1. The Morgan fingerprint density at radius 3 is 2.39 bits per heavy atom. The average Bonchev–Trinajstić information content (AvgIpc) is 3.26. The van der Waals surface area contributed by atoms with Crippen molar-refractivity contribution in [3.63, 3.8) is 0 Å². The molecule has 28 heavy (non-hydrogen) atoms. The van der Waals surface area contributed by atoms with Gasteiger partial charge in [-0.1, -0.05) is 12.1 Å². The van der Waals surface area contributed by atoms with Gasteiger partial charge in [-0.2, -0.15) is 10.2 Å². The summed E-state index contributed by atoms with van der Waals surface area (Å²) < 4.78 is 1.51. The van der Waals surface area contributed by atoms with E-state index in [9.17, 15) is 9.59 Å². The van der Waals surface area contributed by atoms with E-state index in [2.05, 4.69) is 20.9 Å². The molecule has 0 saturated carbocycles. The first-order valence-electron chi connectivity index (χ1n) is 8.66. The summed E-state index contributed by atoms with van der Waals surface area (Å²) in [6, 6.07) is 8.90. The number of rotatable bonds is 5. The van der Waals surface area contributed by atoms with Crippen LogP contribution in [0.3, 0.4) is 0 Å². The minimum atomic E-state index is -0.230. The molecule has 2 aromatic heterocycles. The van der Waals surface area contributed by atoms with Crippen LogP contribution in [0.1, 0.15) is 43.8 Å². The first kappa shape index (κ1) is 19.5. The smallest absolute Gasteiger partial charge is 0.273 e. The van der Waals surface area contributed by atoms with Crippen LogP contribution in [-0.4, -0.2) is 27.3 Å². The molecule has 0 saturated heterocycles. The topological polar surface area (TPSA) is 88.4 Å². The van der Waals surface area contributed by atoms with Crippen molar-refractivity contribution in [2.75, 3.05) is 5.32 Å². The number of hydrogen-bond donors (Lipinski definition) is 2. The maximum atomic E-state index is 12.3. The minimum absolute atomic E-state index is 0.221. The second-order valence-electron chi connectivity index (χ2n) is 6.34. The fourth-order valence-electron chi connectivity index (χ4n) is 2.58. The van der Waals surface area contributed by atoms with Crippen LogP contribution >= 0.6 is 11.3 Å². The number of benzene rings is 1. The number of amides is 2. The van der Waals surface area contributed by atoms with Crippen LogP contribution in [0, 0.1) is 13.8 Å². The van der Waals surface area contributed by atoms with Crippen molar-refractivity contribution < 1.29 is 9.59 Å². The zero-order chi connectivity index (χ0) is 20.3. The fourth-order valence-corrected chi connectivity index (χ4v) is 3.45. The Kier molecular flexibility index (Phi) is 5.70. The second-order valence-corrected chi connectivity index (χ2v) is 7.42. The van der Waals surface area contributed by atoms with E-state index in [0.29, 0.717) is 22.7 Å². The molecule has 0 aliphatic rings. The van der Waals surface area contributed by atoms with Crippen molar-refractivity contribution in [2.45, 2.75) is 20.8 Å². The molecule has 0 fully saturated rings. The molecule has 144 valence electrons. The fraction of sp³-hybridized carbons (Fsp3) is 0.200. The number of aryl methyl sites for hydroxylation is 2. The summed E-state index contributed by atoms with van der Waals surface area (Å²) in [6.07, 6.45) is 1.57. The third kappa shape index (κ3) is 4.17. The molecule has 0 unspecified atom stereocenters. The molecule has 3 rings (SSSR count). The predicted molar refractivity (Wildman–Crippen MR) is 111 cm³/mol. The third-order valence-corrected chi connectivity index (χ3v) is 5.48. The first-order chi connectivity index (χ1) is 13.4. The largest absolute Gasteiger partial charge is 0.321 e. The summed E-state index contributed by atoms with van der Waals surface area (Å²) in [5.41, 5.74) is 6.87. The van der Waals surface area contributed by atoms with Crippen molar-refractivity contribution in [1.29, 1.82) is 0 Å². The zero-order valence-corrected chi connectivity index (χ0v) is 16.9. The molecule has 2 amide bonds. The number of aromatic nitrogens is 2. The molecule has 0 spiro atoms. The monoisotopic (exact) mass is 395 g/mol. The molecule has 0 aliphatic heterocycles. The number of nitrogens with one attached hydrogen (secondary N) is 2. The van der Waals surface area contributed by atoms with Crippen LogP contribution in [0.5, 0.6) is 0 Å². The van der Waals surface area contributed by atoms with Gasteiger partial charge in [0, 0.05) is 29.2 Å². The van der Waals surface area contributed by atoms with E-state index in [4.69, 9.17) is 0 Å². The van der Waals surface area contributed by atoms with Gasteiger partial charge in [0.2, 0.25) is 0 Å². The Bertz CT molecular complexity index is 1050. The van der Waals surface area contributed by atoms with Gasteiger partial charge in [0.1, 0.15) is 5.69 Å². The summed E-state index contributed by atoms with van der Waals surface area (Å²) >= 11 is 1.55. The Balaban J connectivity index is 1.64. The van der Waals surface area contributed by atoms with E-state index in [1.807, 2.05) is 38.3 Å². The van der Waals surface area contributed by atoms with Gasteiger partial charge in [0.25, 0.3) is 11.8 Å². The lowest BCUT2D eigenvalue weighted by molar-refractivity contribution is 0.0953. The minimum Gasteiger partial charge on any atom is -0.321 e. The van der Waals surface area contributed by atoms with Gasteiger partial charge in [-0.3, -0.25) is 14.3 Å². The standard InChI is InChI=1S/C20H21N5O2S/c1-12-14(3)28-11-17(12)19(26)24-23-13(2)15-5-7-16(8-6-15)22-20(27)18-9-10-21-25(18)4/h5-11H,1-4H3,(H,22,27)(H,24,26)/b23-13-. The van der Waals surface area contributed by atoms with Gasteiger partial charge in [-0.25, -0.2) is 5.43 Å². The van der Waals surface area contributed by atoms with Gasteiger partial charge < -0.3 is 5.32 Å². The highest BCUT2D eigenvalue weighted by atomic mass is 32.1. The van der Waals surface area contributed by atoms with E-state index in [1.165, 1.54) is 4.68 Å². The van der Waals surface area contributed by atoms with Crippen LogP contribution in [0.15, 0.2) is 47.0 Å². The Morgan fingerprint density at radius 1 is 1.11 bits per heavy atom. The predicted octanol–water partition coefficient (Wildman–Crippen LogP) is 3.50. The van der Waals surface area contributed by atoms with Crippen molar-refractivity contribution in [2.24, 2.45) is 12.1 Å². The number of carbonyl (C=O) groups excluding carboxylic acids is 2. The molecule has 2 heterocycles. The maximum absolute atomic E-state index is 12.3. The van der Waals surface area contributed by atoms with Crippen LogP contribution in [0.4, 0.5) is 5.69 Å². The summed E-state index contributed by atoms with van der Waals surface area (Å²) in [4.78, 5) is 25.6. The van der Waals surface area contributed by atoms with Crippen molar-refractivity contribution in [3.8, 4) is 0 Å². The van der Waals surface area contributed by atoms with Crippen molar-refractivity contribution >= 4 is 34.6 Å². The number of anilines is 1. The van der Waals surface area contributed by atoms with Gasteiger partial charge >= 0.3 is 0 Å². The molecule has 7 nitrogen and oxygen atoms in total. The van der Waals surface area contributed by atoms with Gasteiger partial charge in [0.15, 0.2) is 0 Å². The van der Waals surface area contributed by atoms with Crippen LogP contribution in [-0.2, 0) is 7.05 Å². The summed E-state index contributed by atoms with van der Waals surface area (Å²) in [6.45, 7) is 5.73. The molecular formula is C20H21N5O2S. The molecule has 2 N–H and O–H groups in total. The lowest BCUT2D eigenvalue weighted by Crippen LogP contribution is -2.19. The quantitative estimate of drug-likeness (QED) is 0.512. The van der Waals surface area contributed by atoms with Crippen LogP contribution in [0.25, 0.3) is 0 Å². The molecule has 0 atom stereocenters. The number of hydrogen-bond acceptors (Lipinski definition) is 5. The summed E-state index contributed by atoms with van der Waals surface area (Å²) in [5, 5.41) is 12.8. The first-order valence-corrected chi connectivity index (χ1v) is 9.54. The highest BCUT2D eigenvalue weighted by molar-refractivity contribution is 7.10. The number of thiophene rings is 1. The van der Waals surface area contributed by atoms with Crippen LogP contribution in [0.2, 0.25) is 0 Å². The average molecular weight is 395 g/mol. The van der Waals surface area contributed by atoms with Gasteiger partial charge in [-0.15, -0.1) is 11.3 Å². The molecule has 0 aliphatic carbocycles. The maximum Gasteiger partial charge on any atom is 0.273 e. The summed E-state index contributed by atoms with van der Waals surface area (Å²) in [7, 11) is 1.71. The highest BCUT2D eigenvalue weighted by Gasteiger charge is 2.12. The number of nitrogens with zero attached hydrogens (tertiary/aromatic N) is 3. The summed E-state index contributed by atoms with van der Waals surface area (Å²) in [5.74, 6) is -0.451. The van der Waals surface area contributed by atoms with E-state index in [-0.39, 0.29) is 11.8 Å². The Labute approximate surface area is 167 Å². The van der Waals surface area contributed by atoms with Crippen molar-refractivity contribution in [1.82, 2.24) is 15.2 Å². The Morgan fingerprint density at radius 2 is 1.82 bits per heavy atom. The molecule has 1 aromatic carbocycles. The lowest BCUT2D eigenvalue weighted by atomic mass is 10.1. The van der Waals surface area contributed by atoms with Crippen molar-refractivity contribution in [3.05, 3.63) is 69.2 Å². The molecule has 8 heteroatoms. The van der Waals surface area contributed by atoms with Crippen LogP contribution < -0.4 is 10.7 Å². The SMILES string of the molecule is C/C(=N/NC(=O)c1csc(C)c1C)c1ccc(NC(=O)c2ccnn2C)cc1. The Hall–Kier alpha value is -3.26. The van der Waals surface area contributed by atoms with Gasteiger partial charge in [-0.05, 0) is 50.1 Å². The highest BCUT2D eigenvalue weighted by Crippen LogP contribution is 2.20.